The molecule has 1 aromatic rings. The monoisotopic (exact) mass is 386 g/mol. The van der Waals surface area contributed by atoms with Crippen molar-refractivity contribution >= 4 is 5.91 Å². The smallest absolute Gasteiger partial charge is 0.225 e. The molecule has 2 unspecified atom stereocenters. The minimum atomic E-state index is 0.196. The molecule has 1 aliphatic heterocycles. The van der Waals surface area contributed by atoms with Gasteiger partial charge in [-0.3, -0.25) is 4.79 Å². The molecule has 2 bridgehead atoms. The molecule has 154 valence electrons. The van der Waals surface area contributed by atoms with Crippen LogP contribution in [0.1, 0.15) is 50.5 Å². The minimum absolute atomic E-state index is 0.196. The van der Waals surface area contributed by atoms with Gasteiger partial charge < -0.3 is 20.1 Å². The molecule has 5 heteroatoms. The van der Waals surface area contributed by atoms with E-state index in [1.54, 1.807) is 7.11 Å². The Kier molecular flexibility index (Phi) is 6.22. The molecule has 2 aliphatic carbocycles. The van der Waals surface area contributed by atoms with Gasteiger partial charge >= 0.3 is 0 Å². The fourth-order valence-electron chi connectivity index (χ4n) is 5.52. The fourth-order valence-corrected chi connectivity index (χ4v) is 5.52. The van der Waals surface area contributed by atoms with E-state index in [-0.39, 0.29) is 12.0 Å². The fraction of sp³-hybridized carbons (Fsp3) is 0.696. The molecular weight excluding hydrogens is 352 g/mol. The third-order valence-electron chi connectivity index (χ3n) is 7.18. The summed E-state index contributed by atoms with van der Waals surface area (Å²) >= 11 is 0. The van der Waals surface area contributed by atoms with Crippen molar-refractivity contribution in [3.63, 3.8) is 0 Å². The SMILES string of the molecule is COc1ccccc1COC1CCN(C(=O)C2CC3CCCC(C2)C3N)CC1. The molecule has 28 heavy (non-hydrogen) atoms. The molecule has 0 spiro atoms. The Morgan fingerprint density at radius 1 is 1.11 bits per heavy atom. The van der Waals surface area contributed by atoms with Crippen LogP contribution >= 0.6 is 0 Å². The number of nitrogens with two attached hydrogens (primary N) is 1. The van der Waals surface area contributed by atoms with E-state index in [1.807, 2.05) is 24.3 Å². The van der Waals surface area contributed by atoms with Crippen LogP contribution in [0.5, 0.6) is 5.75 Å². The van der Waals surface area contributed by atoms with Gasteiger partial charge in [0.25, 0.3) is 0 Å². The van der Waals surface area contributed by atoms with E-state index < -0.39 is 0 Å². The largest absolute Gasteiger partial charge is 0.496 e. The lowest BCUT2D eigenvalue weighted by Crippen LogP contribution is -2.51. The Morgan fingerprint density at radius 2 is 1.79 bits per heavy atom. The Morgan fingerprint density at radius 3 is 2.46 bits per heavy atom. The Bertz CT molecular complexity index is 658. The summed E-state index contributed by atoms with van der Waals surface area (Å²) in [5.41, 5.74) is 7.47. The van der Waals surface area contributed by atoms with Crippen molar-refractivity contribution < 1.29 is 14.3 Å². The highest BCUT2D eigenvalue weighted by atomic mass is 16.5. The van der Waals surface area contributed by atoms with Gasteiger partial charge in [0.1, 0.15) is 5.75 Å². The van der Waals surface area contributed by atoms with Crippen LogP contribution in [0.3, 0.4) is 0 Å². The van der Waals surface area contributed by atoms with E-state index in [0.717, 1.165) is 50.1 Å². The standard InChI is InChI=1S/C23H34N2O3/c1-27-21-8-3-2-5-18(21)15-28-20-9-11-25(12-10-20)23(26)19-13-16-6-4-7-17(14-19)22(16)24/h2-3,5,8,16-17,19-20,22H,4,6-7,9-15,24H2,1H3. The van der Waals surface area contributed by atoms with Crippen molar-refractivity contribution in [3.05, 3.63) is 29.8 Å². The van der Waals surface area contributed by atoms with Crippen LogP contribution in [-0.4, -0.2) is 43.2 Å². The molecule has 4 rings (SSSR count). The summed E-state index contributed by atoms with van der Waals surface area (Å²) in [6.07, 6.45) is 7.76. The molecule has 1 saturated heterocycles. The van der Waals surface area contributed by atoms with Crippen molar-refractivity contribution in [1.29, 1.82) is 0 Å². The number of para-hydroxylation sites is 1. The van der Waals surface area contributed by atoms with Crippen molar-refractivity contribution in [3.8, 4) is 5.75 Å². The van der Waals surface area contributed by atoms with Gasteiger partial charge in [0, 0.05) is 30.6 Å². The van der Waals surface area contributed by atoms with Crippen molar-refractivity contribution in [2.45, 2.75) is 63.7 Å². The maximum atomic E-state index is 13.1. The van der Waals surface area contributed by atoms with Gasteiger partial charge in [-0.05, 0) is 56.4 Å². The van der Waals surface area contributed by atoms with Crippen molar-refractivity contribution in [1.82, 2.24) is 4.90 Å². The number of carbonyl (C=O) groups is 1. The minimum Gasteiger partial charge on any atom is -0.496 e. The van der Waals surface area contributed by atoms with E-state index in [2.05, 4.69) is 4.90 Å². The summed E-state index contributed by atoms with van der Waals surface area (Å²) in [4.78, 5) is 15.2. The molecule has 2 atom stereocenters. The molecule has 0 aromatic heterocycles. The third-order valence-corrected chi connectivity index (χ3v) is 7.18. The number of piperidine rings is 1. The van der Waals surface area contributed by atoms with E-state index in [1.165, 1.54) is 19.3 Å². The van der Waals surface area contributed by atoms with Crippen molar-refractivity contribution in [2.75, 3.05) is 20.2 Å². The first-order valence-corrected chi connectivity index (χ1v) is 10.9. The molecular formula is C23H34N2O3. The van der Waals surface area contributed by atoms with Gasteiger partial charge in [0.2, 0.25) is 5.91 Å². The van der Waals surface area contributed by atoms with Gasteiger partial charge in [-0.2, -0.15) is 0 Å². The van der Waals surface area contributed by atoms with Crippen LogP contribution in [0, 0.1) is 17.8 Å². The number of nitrogens with zero attached hydrogens (tertiary/aromatic N) is 1. The number of rotatable bonds is 5. The predicted octanol–water partition coefficient (Wildman–Crippen LogP) is 3.36. The van der Waals surface area contributed by atoms with Gasteiger partial charge in [0.15, 0.2) is 0 Å². The van der Waals surface area contributed by atoms with Crippen molar-refractivity contribution in [2.24, 2.45) is 23.5 Å². The van der Waals surface area contributed by atoms with Crippen LogP contribution in [0.15, 0.2) is 24.3 Å². The second kappa shape index (κ2) is 8.83. The quantitative estimate of drug-likeness (QED) is 0.843. The summed E-state index contributed by atoms with van der Waals surface area (Å²) in [6.45, 7) is 2.19. The summed E-state index contributed by atoms with van der Waals surface area (Å²) in [7, 11) is 1.69. The molecule has 1 amide bonds. The molecule has 2 saturated carbocycles. The number of benzene rings is 1. The molecule has 0 radical (unpaired) electrons. The molecule has 1 heterocycles. The average Bonchev–Trinajstić information content (AvgIpc) is 2.72. The normalized spacial score (nSPS) is 30.9. The van der Waals surface area contributed by atoms with Crippen LogP contribution in [-0.2, 0) is 16.1 Å². The third kappa shape index (κ3) is 4.20. The summed E-state index contributed by atoms with van der Waals surface area (Å²) in [5, 5.41) is 0. The second-order valence-electron chi connectivity index (χ2n) is 8.84. The zero-order valence-electron chi connectivity index (χ0n) is 17.0. The number of fused-ring (bicyclic) bond motifs is 2. The molecule has 1 aromatic carbocycles. The lowest BCUT2D eigenvalue weighted by Gasteiger charge is -2.45. The number of amides is 1. The number of ether oxygens (including phenoxy) is 2. The first kappa shape index (κ1) is 19.7. The lowest BCUT2D eigenvalue weighted by molar-refractivity contribution is -0.141. The van der Waals surface area contributed by atoms with E-state index in [9.17, 15) is 4.79 Å². The average molecular weight is 387 g/mol. The molecule has 5 nitrogen and oxygen atoms in total. The highest BCUT2D eigenvalue weighted by molar-refractivity contribution is 5.79. The zero-order chi connectivity index (χ0) is 19.5. The number of carbonyl (C=O) groups excluding carboxylic acids is 1. The van der Waals surface area contributed by atoms with Crippen LogP contribution in [0.25, 0.3) is 0 Å². The Balaban J connectivity index is 1.25. The first-order valence-electron chi connectivity index (χ1n) is 10.9. The summed E-state index contributed by atoms with van der Waals surface area (Å²) < 4.78 is 11.5. The van der Waals surface area contributed by atoms with E-state index in [4.69, 9.17) is 15.2 Å². The van der Waals surface area contributed by atoms with Gasteiger partial charge in [-0.15, -0.1) is 0 Å². The topological polar surface area (TPSA) is 64.8 Å². The second-order valence-corrected chi connectivity index (χ2v) is 8.84. The van der Waals surface area contributed by atoms with Crippen LogP contribution < -0.4 is 10.5 Å². The van der Waals surface area contributed by atoms with Gasteiger partial charge in [0.05, 0.1) is 19.8 Å². The molecule has 3 fully saturated rings. The number of hydrogen-bond donors (Lipinski definition) is 1. The zero-order valence-corrected chi connectivity index (χ0v) is 17.0. The van der Waals surface area contributed by atoms with Crippen LogP contribution in [0.2, 0.25) is 0 Å². The molecule has 2 N–H and O–H groups in total. The first-order chi connectivity index (χ1) is 13.7. The lowest BCUT2D eigenvalue weighted by atomic mass is 9.65. The number of methoxy groups -OCH3 is 1. The predicted molar refractivity (Wildman–Crippen MR) is 109 cm³/mol. The highest BCUT2D eigenvalue weighted by Gasteiger charge is 2.42. The van der Waals surface area contributed by atoms with Crippen LogP contribution in [0.4, 0.5) is 0 Å². The van der Waals surface area contributed by atoms with Gasteiger partial charge in [-0.1, -0.05) is 24.6 Å². The van der Waals surface area contributed by atoms with E-state index >= 15 is 0 Å². The summed E-state index contributed by atoms with van der Waals surface area (Å²) in [6, 6.07) is 8.31. The maximum absolute atomic E-state index is 13.1. The summed E-state index contributed by atoms with van der Waals surface area (Å²) in [5.74, 6) is 2.55. The Hall–Kier alpha value is -1.59. The Labute approximate surface area is 168 Å². The number of likely N-dealkylation sites (tertiary alicyclic amines) is 1. The van der Waals surface area contributed by atoms with Gasteiger partial charge in [-0.25, -0.2) is 0 Å². The highest BCUT2D eigenvalue weighted by Crippen LogP contribution is 2.42. The number of hydrogen-bond acceptors (Lipinski definition) is 4. The maximum Gasteiger partial charge on any atom is 0.225 e. The van der Waals surface area contributed by atoms with E-state index in [0.29, 0.717) is 30.4 Å². The molecule has 3 aliphatic rings.